The molecule has 0 aromatic carbocycles. The summed E-state index contributed by atoms with van der Waals surface area (Å²) in [5.41, 5.74) is 6.05. The monoisotopic (exact) mass is 381 g/mol. The summed E-state index contributed by atoms with van der Waals surface area (Å²) in [6.07, 6.45) is 3.65. The van der Waals surface area contributed by atoms with Crippen LogP contribution < -0.4 is 5.32 Å². The van der Waals surface area contributed by atoms with Crippen molar-refractivity contribution in [2.75, 3.05) is 5.32 Å². The SMILES string of the molecule is CCc1nc(C(C)C)ccc1-c1nc(C(C)=N)c(NC(CC)CC)nc1CC. The van der Waals surface area contributed by atoms with E-state index in [1.807, 2.05) is 0 Å². The average molecular weight is 382 g/mol. The molecule has 0 bridgehead atoms. The standard InChI is InChI=1S/C23H35N5/c1-8-16(9-2)25-23-21(15(7)24)28-22(19(11-4)27-23)17-12-13-20(14(5)6)26-18(17)10-3/h12-14,16,24H,8-11H2,1-7H3,(H,25,27). The molecule has 2 aromatic rings. The van der Waals surface area contributed by atoms with Crippen LogP contribution in [0.5, 0.6) is 0 Å². The Morgan fingerprint density at radius 2 is 1.61 bits per heavy atom. The molecule has 2 heterocycles. The zero-order valence-corrected chi connectivity index (χ0v) is 18.5. The highest BCUT2D eigenvalue weighted by Gasteiger charge is 2.20. The molecule has 0 spiro atoms. The van der Waals surface area contributed by atoms with Gasteiger partial charge in [0.25, 0.3) is 0 Å². The summed E-state index contributed by atoms with van der Waals surface area (Å²) < 4.78 is 0. The minimum absolute atomic E-state index is 0.334. The van der Waals surface area contributed by atoms with E-state index in [9.17, 15) is 0 Å². The molecule has 0 saturated heterocycles. The maximum absolute atomic E-state index is 8.25. The van der Waals surface area contributed by atoms with Gasteiger partial charge < -0.3 is 10.7 Å². The number of pyridine rings is 1. The topological polar surface area (TPSA) is 74.6 Å². The fraction of sp³-hybridized carbons (Fsp3) is 0.565. The van der Waals surface area contributed by atoms with Crippen molar-refractivity contribution in [2.45, 2.75) is 86.1 Å². The highest BCUT2D eigenvalue weighted by Crippen LogP contribution is 2.29. The minimum atomic E-state index is 0.334. The van der Waals surface area contributed by atoms with E-state index in [1.54, 1.807) is 6.92 Å². The van der Waals surface area contributed by atoms with Gasteiger partial charge in [0.1, 0.15) is 5.69 Å². The van der Waals surface area contributed by atoms with Gasteiger partial charge >= 0.3 is 0 Å². The van der Waals surface area contributed by atoms with Crippen molar-refractivity contribution in [3.63, 3.8) is 0 Å². The smallest absolute Gasteiger partial charge is 0.154 e. The maximum Gasteiger partial charge on any atom is 0.154 e. The number of anilines is 1. The van der Waals surface area contributed by atoms with Gasteiger partial charge in [0.15, 0.2) is 5.82 Å². The zero-order chi connectivity index (χ0) is 20.8. The molecule has 0 saturated carbocycles. The summed E-state index contributed by atoms with van der Waals surface area (Å²) in [7, 11) is 0. The van der Waals surface area contributed by atoms with Crippen LogP contribution in [0.2, 0.25) is 0 Å². The molecule has 0 unspecified atom stereocenters. The van der Waals surface area contributed by atoms with E-state index >= 15 is 0 Å². The molecular formula is C23H35N5. The quantitative estimate of drug-likeness (QED) is 0.540. The molecule has 0 aliphatic carbocycles. The number of hydrogen-bond donors (Lipinski definition) is 2. The van der Waals surface area contributed by atoms with Crippen LogP contribution in [0.4, 0.5) is 5.82 Å². The van der Waals surface area contributed by atoms with E-state index in [0.29, 0.717) is 23.4 Å². The Labute approximate surface area is 169 Å². The molecule has 2 aromatic heterocycles. The highest BCUT2D eigenvalue weighted by atomic mass is 15.1. The summed E-state index contributed by atoms with van der Waals surface area (Å²) in [5, 5.41) is 11.8. The molecule has 0 fully saturated rings. The molecule has 0 aliphatic rings. The first-order valence-corrected chi connectivity index (χ1v) is 10.6. The summed E-state index contributed by atoms with van der Waals surface area (Å²) in [4.78, 5) is 14.7. The average Bonchev–Trinajstić information content (AvgIpc) is 2.70. The van der Waals surface area contributed by atoms with E-state index in [2.05, 4.69) is 59.0 Å². The fourth-order valence-electron chi connectivity index (χ4n) is 3.31. The van der Waals surface area contributed by atoms with Gasteiger partial charge in [0, 0.05) is 23.0 Å². The van der Waals surface area contributed by atoms with Gasteiger partial charge in [-0.2, -0.15) is 0 Å². The molecule has 0 aliphatic heterocycles. The lowest BCUT2D eigenvalue weighted by molar-refractivity contribution is 0.667. The lowest BCUT2D eigenvalue weighted by Crippen LogP contribution is -2.21. The van der Waals surface area contributed by atoms with Crippen LogP contribution in [-0.4, -0.2) is 26.7 Å². The molecular weight excluding hydrogens is 346 g/mol. The molecule has 152 valence electrons. The Balaban J connectivity index is 2.65. The van der Waals surface area contributed by atoms with Crippen molar-refractivity contribution in [2.24, 2.45) is 0 Å². The van der Waals surface area contributed by atoms with Crippen LogP contribution in [0.1, 0.15) is 90.0 Å². The molecule has 5 nitrogen and oxygen atoms in total. The van der Waals surface area contributed by atoms with Crippen molar-refractivity contribution in [3.05, 3.63) is 34.9 Å². The van der Waals surface area contributed by atoms with Gasteiger partial charge in [-0.15, -0.1) is 0 Å². The summed E-state index contributed by atoms with van der Waals surface area (Å²) >= 11 is 0. The number of hydrogen-bond acceptors (Lipinski definition) is 5. The third kappa shape index (κ3) is 4.75. The summed E-state index contributed by atoms with van der Waals surface area (Å²) in [6.45, 7) is 14.7. The van der Waals surface area contributed by atoms with E-state index in [1.165, 1.54) is 0 Å². The molecule has 0 amide bonds. The van der Waals surface area contributed by atoms with Crippen LogP contribution in [0.15, 0.2) is 12.1 Å². The Morgan fingerprint density at radius 3 is 2.11 bits per heavy atom. The maximum atomic E-state index is 8.25. The van der Waals surface area contributed by atoms with Crippen LogP contribution in [0.25, 0.3) is 11.3 Å². The van der Waals surface area contributed by atoms with Crippen LogP contribution >= 0.6 is 0 Å². The second-order valence-electron chi connectivity index (χ2n) is 7.59. The van der Waals surface area contributed by atoms with Crippen molar-refractivity contribution in [3.8, 4) is 11.3 Å². The largest absolute Gasteiger partial charge is 0.366 e. The van der Waals surface area contributed by atoms with Gasteiger partial charge in [-0.25, -0.2) is 9.97 Å². The van der Waals surface area contributed by atoms with Crippen LogP contribution in [-0.2, 0) is 12.8 Å². The van der Waals surface area contributed by atoms with E-state index in [0.717, 1.165) is 59.8 Å². The molecule has 5 heteroatoms. The molecule has 0 atom stereocenters. The molecule has 2 rings (SSSR count). The minimum Gasteiger partial charge on any atom is -0.366 e. The van der Waals surface area contributed by atoms with Crippen molar-refractivity contribution in [1.82, 2.24) is 15.0 Å². The van der Waals surface area contributed by atoms with Gasteiger partial charge in [0.2, 0.25) is 0 Å². The summed E-state index contributed by atoms with van der Waals surface area (Å²) in [6, 6.07) is 4.55. The first kappa shape index (κ1) is 22.0. The zero-order valence-electron chi connectivity index (χ0n) is 18.5. The lowest BCUT2D eigenvalue weighted by Gasteiger charge is -2.20. The predicted octanol–water partition coefficient (Wildman–Crippen LogP) is 5.78. The van der Waals surface area contributed by atoms with Gasteiger partial charge in [-0.05, 0) is 50.7 Å². The molecule has 0 radical (unpaired) electrons. The first-order valence-electron chi connectivity index (χ1n) is 10.6. The Hall–Kier alpha value is -2.30. The van der Waals surface area contributed by atoms with Gasteiger partial charge in [-0.3, -0.25) is 4.98 Å². The second kappa shape index (κ2) is 9.76. The van der Waals surface area contributed by atoms with E-state index in [4.69, 9.17) is 20.4 Å². The Morgan fingerprint density at radius 1 is 0.964 bits per heavy atom. The summed E-state index contributed by atoms with van der Waals surface area (Å²) in [5.74, 6) is 1.12. The van der Waals surface area contributed by atoms with Crippen molar-refractivity contribution >= 4 is 11.5 Å². The lowest BCUT2D eigenvalue weighted by atomic mass is 10.0. The van der Waals surface area contributed by atoms with Crippen molar-refractivity contribution in [1.29, 1.82) is 5.41 Å². The highest BCUT2D eigenvalue weighted by molar-refractivity contribution is 5.99. The number of aryl methyl sites for hydroxylation is 2. The number of nitrogens with one attached hydrogen (secondary N) is 2. The third-order valence-corrected chi connectivity index (χ3v) is 5.16. The van der Waals surface area contributed by atoms with Gasteiger partial charge in [-0.1, -0.05) is 41.5 Å². The molecule has 28 heavy (non-hydrogen) atoms. The van der Waals surface area contributed by atoms with Crippen LogP contribution in [0, 0.1) is 5.41 Å². The molecule has 2 N–H and O–H groups in total. The van der Waals surface area contributed by atoms with Gasteiger partial charge in [0.05, 0.1) is 17.1 Å². The first-order chi connectivity index (χ1) is 13.4. The second-order valence-corrected chi connectivity index (χ2v) is 7.59. The van der Waals surface area contributed by atoms with Crippen molar-refractivity contribution < 1.29 is 0 Å². The fourth-order valence-corrected chi connectivity index (χ4v) is 3.31. The van der Waals surface area contributed by atoms with Crippen LogP contribution in [0.3, 0.4) is 0 Å². The van der Waals surface area contributed by atoms with E-state index in [-0.39, 0.29) is 0 Å². The van der Waals surface area contributed by atoms with E-state index < -0.39 is 0 Å². The normalized spacial score (nSPS) is 11.3. The predicted molar refractivity (Wildman–Crippen MR) is 119 cm³/mol. The number of nitrogens with zero attached hydrogens (tertiary/aromatic N) is 3. The third-order valence-electron chi connectivity index (χ3n) is 5.16. The number of rotatable bonds is 9. The Kier molecular flexibility index (Phi) is 7.67. The Bertz CT molecular complexity index is 822. The number of aromatic nitrogens is 3.